The lowest BCUT2D eigenvalue weighted by Crippen LogP contribution is -2.18. The van der Waals surface area contributed by atoms with Crippen molar-refractivity contribution in [2.75, 3.05) is 4.72 Å². The molecule has 0 bridgehead atoms. The van der Waals surface area contributed by atoms with E-state index in [2.05, 4.69) is 55.0 Å². The molecule has 0 saturated heterocycles. The zero-order chi connectivity index (χ0) is 23.5. The Morgan fingerprint density at radius 1 is 0.667 bits per heavy atom. The molecule has 168 valence electrons. The average Bonchev–Trinajstić information content (AvgIpc) is 2.81. The fourth-order valence-corrected chi connectivity index (χ4v) is 4.68. The monoisotopic (exact) mass is 457 g/mol. The summed E-state index contributed by atoms with van der Waals surface area (Å²) >= 11 is 0. The summed E-state index contributed by atoms with van der Waals surface area (Å²) in [5.74, 6) is 1.35. The lowest BCUT2D eigenvalue weighted by atomic mass is 9.78. The zero-order valence-corrected chi connectivity index (χ0v) is 19.8. The molecule has 4 rings (SSSR count). The van der Waals surface area contributed by atoms with Gasteiger partial charge in [0.15, 0.2) is 0 Å². The third-order valence-corrected chi connectivity index (χ3v) is 7.14. The predicted octanol–water partition coefficient (Wildman–Crippen LogP) is 6.91. The Hall–Kier alpha value is -3.57. The van der Waals surface area contributed by atoms with Gasteiger partial charge in [0, 0.05) is 11.1 Å². The Labute approximate surface area is 195 Å². The summed E-state index contributed by atoms with van der Waals surface area (Å²) in [5, 5.41) is 0. The standard InChI is InChI=1S/C28H27NO3S/c1-21-9-19-27(20-10-21)33(30,31)29-24-13-17-26(18-14-24)32-25-15-11-23(12-16-25)28(2,3)22-7-5-4-6-8-22/h4-20,29H,1-3H3. The van der Waals surface area contributed by atoms with E-state index in [0.717, 1.165) is 11.3 Å². The first kappa shape index (κ1) is 22.6. The first-order chi connectivity index (χ1) is 15.7. The van der Waals surface area contributed by atoms with Crippen LogP contribution in [-0.2, 0) is 15.4 Å². The van der Waals surface area contributed by atoms with Gasteiger partial charge in [-0.2, -0.15) is 0 Å². The van der Waals surface area contributed by atoms with Crippen molar-refractivity contribution >= 4 is 15.7 Å². The van der Waals surface area contributed by atoms with Crippen molar-refractivity contribution < 1.29 is 13.2 Å². The van der Waals surface area contributed by atoms with Crippen LogP contribution in [0.15, 0.2) is 108 Å². The molecule has 0 atom stereocenters. The molecule has 0 aromatic heterocycles. The summed E-state index contributed by atoms with van der Waals surface area (Å²) < 4.78 is 33.7. The first-order valence-electron chi connectivity index (χ1n) is 10.8. The quantitative estimate of drug-likeness (QED) is 0.328. The average molecular weight is 458 g/mol. The Balaban J connectivity index is 1.43. The van der Waals surface area contributed by atoms with Crippen LogP contribution < -0.4 is 9.46 Å². The summed E-state index contributed by atoms with van der Waals surface area (Å²) in [6.45, 7) is 6.32. The normalized spacial score (nSPS) is 11.7. The molecule has 0 amide bonds. The summed E-state index contributed by atoms with van der Waals surface area (Å²) in [5.41, 5.74) is 3.81. The number of hydrogen-bond donors (Lipinski definition) is 1. The van der Waals surface area contributed by atoms with Crippen LogP contribution in [0.3, 0.4) is 0 Å². The number of benzene rings is 4. The van der Waals surface area contributed by atoms with Crippen LogP contribution >= 0.6 is 0 Å². The van der Waals surface area contributed by atoms with Crippen LogP contribution in [0, 0.1) is 6.92 Å². The van der Waals surface area contributed by atoms with Gasteiger partial charge in [0.1, 0.15) is 11.5 Å². The molecule has 0 heterocycles. The van der Waals surface area contributed by atoms with Crippen molar-refractivity contribution in [2.24, 2.45) is 0 Å². The molecular formula is C28H27NO3S. The minimum atomic E-state index is -3.63. The highest BCUT2D eigenvalue weighted by Gasteiger charge is 2.22. The van der Waals surface area contributed by atoms with E-state index in [1.165, 1.54) is 11.1 Å². The number of aryl methyl sites for hydroxylation is 1. The maximum absolute atomic E-state index is 12.6. The van der Waals surface area contributed by atoms with Gasteiger partial charge in [-0.3, -0.25) is 4.72 Å². The van der Waals surface area contributed by atoms with E-state index in [4.69, 9.17) is 4.74 Å². The second-order valence-electron chi connectivity index (χ2n) is 8.56. The second-order valence-corrected chi connectivity index (χ2v) is 10.2. The molecule has 0 saturated carbocycles. The minimum absolute atomic E-state index is 0.115. The van der Waals surface area contributed by atoms with E-state index in [-0.39, 0.29) is 10.3 Å². The molecule has 5 heteroatoms. The molecular weight excluding hydrogens is 430 g/mol. The fourth-order valence-electron chi connectivity index (χ4n) is 3.62. The summed E-state index contributed by atoms with van der Waals surface area (Å²) in [7, 11) is -3.63. The van der Waals surface area contributed by atoms with Crippen LogP contribution in [0.2, 0.25) is 0 Å². The molecule has 0 radical (unpaired) electrons. The highest BCUT2D eigenvalue weighted by atomic mass is 32.2. The zero-order valence-electron chi connectivity index (χ0n) is 18.9. The van der Waals surface area contributed by atoms with Crippen LogP contribution in [0.25, 0.3) is 0 Å². The predicted molar refractivity (Wildman–Crippen MR) is 134 cm³/mol. The van der Waals surface area contributed by atoms with Crippen molar-refractivity contribution in [1.29, 1.82) is 0 Å². The van der Waals surface area contributed by atoms with E-state index in [0.29, 0.717) is 11.4 Å². The number of sulfonamides is 1. The summed E-state index contributed by atoms with van der Waals surface area (Å²) in [6.07, 6.45) is 0. The van der Waals surface area contributed by atoms with Gasteiger partial charge < -0.3 is 4.74 Å². The van der Waals surface area contributed by atoms with E-state index in [1.54, 1.807) is 48.5 Å². The van der Waals surface area contributed by atoms with Crippen LogP contribution in [0.1, 0.15) is 30.5 Å². The molecule has 33 heavy (non-hydrogen) atoms. The van der Waals surface area contributed by atoms with E-state index < -0.39 is 10.0 Å². The molecule has 1 N–H and O–H groups in total. The van der Waals surface area contributed by atoms with E-state index in [1.807, 2.05) is 25.1 Å². The van der Waals surface area contributed by atoms with Gasteiger partial charge in [-0.15, -0.1) is 0 Å². The molecule has 0 spiro atoms. The molecule has 4 aromatic rings. The fraction of sp³-hybridized carbons (Fsp3) is 0.143. The smallest absolute Gasteiger partial charge is 0.261 e. The number of hydrogen-bond acceptors (Lipinski definition) is 3. The lowest BCUT2D eigenvalue weighted by molar-refractivity contribution is 0.482. The van der Waals surface area contributed by atoms with Crippen molar-refractivity contribution in [3.8, 4) is 11.5 Å². The second kappa shape index (κ2) is 9.12. The third kappa shape index (κ3) is 5.26. The van der Waals surface area contributed by atoms with Crippen LogP contribution in [0.5, 0.6) is 11.5 Å². The SMILES string of the molecule is Cc1ccc(S(=O)(=O)Nc2ccc(Oc3ccc(C(C)(C)c4ccccc4)cc3)cc2)cc1. The molecule has 0 fully saturated rings. The molecule has 4 nitrogen and oxygen atoms in total. The summed E-state index contributed by atoms with van der Waals surface area (Å²) in [4.78, 5) is 0.229. The first-order valence-corrected chi connectivity index (χ1v) is 12.3. The Bertz CT molecular complexity index is 1310. The van der Waals surface area contributed by atoms with Crippen molar-refractivity contribution in [2.45, 2.75) is 31.1 Å². The van der Waals surface area contributed by atoms with Crippen molar-refractivity contribution in [1.82, 2.24) is 0 Å². The van der Waals surface area contributed by atoms with Gasteiger partial charge in [-0.05, 0) is 66.6 Å². The largest absolute Gasteiger partial charge is 0.457 e. The van der Waals surface area contributed by atoms with Gasteiger partial charge in [0.2, 0.25) is 0 Å². The van der Waals surface area contributed by atoms with Gasteiger partial charge in [0.25, 0.3) is 10.0 Å². The molecule has 0 aliphatic carbocycles. The maximum atomic E-state index is 12.6. The number of nitrogens with one attached hydrogen (secondary N) is 1. The van der Waals surface area contributed by atoms with Gasteiger partial charge >= 0.3 is 0 Å². The lowest BCUT2D eigenvalue weighted by Gasteiger charge is -2.26. The van der Waals surface area contributed by atoms with Crippen LogP contribution in [0.4, 0.5) is 5.69 Å². The highest BCUT2D eigenvalue weighted by Crippen LogP contribution is 2.33. The maximum Gasteiger partial charge on any atom is 0.261 e. The Kier molecular flexibility index (Phi) is 6.25. The topological polar surface area (TPSA) is 55.4 Å². The molecule has 0 unspecified atom stereocenters. The third-order valence-electron chi connectivity index (χ3n) is 5.74. The molecule has 4 aromatic carbocycles. The number of rotatable bonds is 7. The minimum Gasteiger partial charge on any atom is -0.457 e. The molecule has 0 aliphatic heterocycles. The Morgan fingerprint density at radius 2 is 1.18 bits per heavy atom. The van der Waals surface area contributed by atoms with E-state index in [9.17, 15) is 8.42 Å². The highest BCUT2D eigenvalue weighted by molar-refractivity contribution is 7.92. The number of anilines is 1. The van der Waals surface area contributed by atoms with Crippen LogP contribution in [-0.4, -0.2) is 8.42 Å². The Morgan fingerprint density at radius 3 is 1.76 bits per heavy atom. The number of ether oxygens (including phenoxy) is 1. The van der Waals surface area contributed by atoms with Gasteiger partial charge in [-0.25, -0.2) is 8.42 Å². The summed E-state index contributed by atoms with van der Waals surface area (Å²) in [6, 6.07) is 32.1. The van der Waals surface area contributed by atoms with Crippen molar-refractivity contribution in [3.05, 3.63) is 120 Å². The van der Waals surface area contributed by atoms with Crippen molar-refractivity contribution in [3.63, 3.8) is 0 Å². The van der Waals surface area contributed by atoms with E-state index >= 15 is 0 Å². The molecule has 0 aliphatic rings. The van der Waals surface area contributed by atoms with Gasteiger partial charge in [-0.1, -0.05) is 74.0 Å². The van der Waals surface area contributed by atoms with Gasteiger partial charge in [0.05, 0.1) is 4.90 Å².